The average Bonchev–Trinajstić information content (AvgIpc) is 2.25. The Hall–Kier alpha value is -0.980. The van der Waals surface area contributed by atoms with Crippen molar-refractivity contribution in [1.82, 2.24) is 4.31 Å². The van der Waals surface area contributed by atoms with Crippen LogP contribution in [0.4, 0.5) is 4.39 Å². The van der Waals surface area contributed by atoms with Crippen molar-refractivity contribution < 1.29 is 12.8 Å². The summed E-state index contributed by atoms with van der Waals surface area (Å²) in [6, 6.07) is 3.65. The Morgan fingerprint density at radius 3 is 2.59 bits per heavy atom. The van der Waals surface area contributed by atoms with Gasteiger partial charge in [0.2, 0.25) is 10.0 Å². The van der Waals surface area contributed by atoms with Crippen LogP contribution in [0.3, 0.4) is 0 Å². The van der Waals surface area contributed by atoms with Gasteiger partial charge in [0.15, 0.2) is 0 Å². The van der Waals surface area contributed by atoms with Gasteiger partial charge < -0.3 is 5.73 Å². The second kappa shape index (κ2) is 5.57. The molecule has 1 aromatic rings. The maximum absolute atomic E-state index is 12.9. The van der Waals surface area contributed by atoms with Crippen molar-refractivity contribution in [1.29, 1.82) is 0 Å². The number of rotatable bonds is 5. The third kappa shape index (κ3) is 3.24. The van der Waals surface area contributed by atoms with Crippen molar-refractivity contribution in [2.45, 2.75) is 18.2 Å². The van der Waals surface area contributed by atoms with Crippen LogP contribution in [0.2, 0.25) is 0 Å². The normalized spacial score (nSPS) is 12.1. The van der Waals surface area contributed by atoms with Gasteiger partial charge >= 0.3 is 0 Å². The Bertz CT molecular complexity index is 488. The molecule has 0 amide bonds. The predicted molar refractivity (Wildman–Crippen MR) is 64.6 cm³/mol. The van der Waals surface area contributed by atoms with Gasteiger partial charge in [0.25, 0.3) is 0 Å². The number of nitrogens with zero attached hydrogens (tertiary/aromatic N) is 1. The molecule has 0 saturated carbocycles. The van der Waals surface area contributed by atoms with Crippen molar-refractivity contribution in [2.24, 2.45) is 5.73 Å². The zero-order valence-corrected chi connectivity index (χ0v) is 10.8. The van der Waals surface area contributed by atoms with E-state index in [1.807, 2.05) is 0 Å². The predicted octanol–water partition coefficient (Wildman–Crippen LogP) is 1.10. The van der Waals surface area contributed by atoms with Crippen LogP contribution in [0.25, 0.3) is 0 Å². The van der Waals surface area contributed by atoms with Crippen molar-refractivity contribution in [2.75, 3.05) is 20.1 Å². The van der Waals surface area contributed by atoms with Crippen LogP contribution in [0.15, 0.2) is 23.1 Å². The molecule has 6 heteroatoms. The SMILES string of the molecule is Cc1cc(F)ccc1S(=O)(=O)N(C)CCCN. The molecule has 0 spiro atoms. The van der Waals surface area contributed by atoms with E-state index in [4.69, 9.17) is 5.73 Å². The van der Waals surface area contributed by atoms with Crippen LogP contribution in [0.5, 0.6) is 0 Å². The van der Waals surface area contributed by atoms with Gasteiger partial charge in [0, 0.05) is 13.6 Å². The van der Waals surface area contributed by atoms with E-state index in [0.717, 1.165) is 6.07 Å². The molecule has 4 nitrogen and oxygen atoms in total. The van der Waals surface area contributed by atoms with Gasteiger partial charge in [0.05, 0.1) is 4.90 Å². The molecule has 17 heavy (non-hydrogen) atoms. The Morgan fingerprint density at radius 1 is 1.41 bits per heavy atom. The van der Waals surface area contributed by atoms with E-state index < -0.39 is 15.8 Å². The number of sulfonamides is 1. The van der Waals surface area contributed by atoms with Crippen LogP contribution in [-0.4, -0.2) is 32.9 Å². The lowest BCUT2D eigenvalue weighted by atomic mass is 10.2. The number of hydrogen-bond donors (Lipinski definition) is 1. The molecule has 0 heterocycles. The minimum absolute atomic E-state index is 0.137. The molecule has 0 saturated heterocycles. The zero-order chi connectivity index (χ0) is 13.1. The van der Waals surface area contributed by atoms with E-state index in [1.165, 1.54) is 23.5 Å². The zero-order valence-electron chi connectivity index (χ0n) is 9.98. The summed E-state index contributed by atoms with van der Waals surface area (Å²) in [5.74, 6) is -0.439. The Kier molecular flexibility index (Phi) is 4.62. The lowest BCUT2D eigenvalue weighted by molar-refractivity contribution is 0.463. The summed E-state index contributed by atoms with van der Waals surface area (Å²) in [5.41, 5.74) is 5.74. The van der Waals surface area contributed by atoms with Crippen molar-refractivity contribution in [3.63, 3.8) is 0 Å². The van der Waals surface area contributed by atoms with Gasteiger partial charge in [-0.25, -0.2) is 17.1 Å². The quantitative estimate of drug-likeness (QED) is 0.862. The Labute approximate surface area is 101 Å². The number of nitrogens with two attached hydrogens (primary N) is 1. The van der Waals surface area contributed by atoms with Gasteiger partial charge in [0.1, 0.15) is 5.82 Å². The second-order valence-corrected chi connectivity index (χ2v) is 5.89. The fourth-order valence-corrected chi connectivity index (χ4v) is 2.92. The van der Waals surface area contributed by atoms with Gasteiger partial charge in [-0.15, -0.1) is 0 Å². The highest BCUT2D eigenvalue weighted by molar-refractivity contribution is 7.89. The van der Waals surface area contributed by atoms with Crippen molar-refractivity contribution in [3.05, 3.63) is 29.6 Å². The standard InChI is InChI=1S/C11H17FN2O2S/c1-9-8-10(12)4-5-11(9)17(15,16)14(2)7-3-6-13/h4-5,8H,3,6-7,13H2,1-2H3. The molecule has 2 N–H and O–H groups in total. The third-order valence-electron chi connectivity index (χ3n) is 2.50. The van der Waals surface area contributed by atoms with E-state index in [-0.39, 0.29) is 4.90 Å². The van der Waals surface area contributed by atoms with Gasteiger partial charge in [-0.3, -0.25) is 0 Å². The molecule has 0 aliphatic carbocycles. The molecule has 1 rings (SSSR count). The van der Waals surface area contributed by atoms with E-state index in [2.05, 4.69) is 0 Å². The molecule has 0 bridgehead atoms. The Balaban J connectivity index is 3.04. The summed E-state index contributed by atoms with van der Waals surface area (Å²) in [6.45, 7) is 2.37. The highest BCUT2D eigenvalue weighted by Gasteiger charge is 2.22. The molecular weight excluding hydrogens is 243 g/mol. The van der Waals surface area contributed by atoms with E-state index in [0.29, 0.717) is 25.1 Å². The summed E-state index contributed by atoms with van der Waals surface area (Å²) >= 11 is 0. The van der Waals surface area contributed by atoms with E-state index in [1.54, 1.807) is 6.92 Å². The van der Waals surface area contributed by atoms with Crippen LogP contribution >= 0.6 is 0 Å². The van der Waals surface area contributed by atoms with Gasteiger partial charge in [-0.05, 0) is 43.7 Å². The summed E-state index contributed by atoms with van der Waals surface area (Å²) in [7, 11) is -2.05. The number of benzene rings is 1. The molecule has 0 aliphatic heterocycles. The molecule has 0 unspecified atom stereocenters. The Morgan fingerprint density at radius 2 is 2.06 bits per heavy atom. The van der Waals surface area contributed by atoms with Crippen molar-refractivity contribution >= 4 is 10.0 Å². The lowest BCUT2D eigenvalue weighted by Gasteiger charge is -2.18. The first kappa shape index (κ1) is 14.1. The van der Waals surface area contributed by atoms with Crippen LogP contribution in [0, 0.1) is 12.7 Å². The topological polar surface area (TPSA) is 63.4 Å². The summed E-state index contributed by atoms with van der Waals surface area (Å²) < 4.78 is 38.4. The first-order valence-electron chi connectivity index (χ1n) is 5.32. The number of halogens is 1. The summed E-state index contributed by atoms with van der Waals surface area (Å²) in [6.07, 6.45) is 0.593. The first-order chi connectivity index (χ1) is 7.89. The second-order valence-electron chi connectivity index (χ2n) is 3.88. The minimum atomic E-state index is -3.55. The molecule has 0 radical (unpaired) electrons. The molecule has 0 atom stereocenters. The largest absolute Gasteiger partial charge is 0.330 e. The molecular formula is C11H17FN2O2S. The van der Waals surface area contributed by atoms with E-state index in [9.17, 15) is 12.8 Å². The third-order valence-corrected chi connectivity index (χ3v) is 4.52. The van der Waals surface area contributed by atoms with Crippen LogP contribution < -0.4 is 5.73 Å². The smallest absolute Gasteiger partial charge is 0.243 e. The average molecular weight is 260 g/mol. The maximum atomic E-state index is 12.9. The molecule has 1 aromatic carbocycles. The van der Waals surface area contributed by atoms with Crippen molar-refractivity contribution in [3.8, 4) is 0 Å². The fourth-order valence-electron chi connectivity index (χ4n) is 1.50. The minimum Gasteiger partial charge on any atom is -0.330 e. The van der Waals surface area contributed by atoms with Crippen LogP contribution in [0.1, 0.15) is 12.0 Å². The molecule has 0 aromatic heterocycles. The number of hydrogen-bond acceptors (Lipinski definition) is 3. The van der Waals surface area contributed by atoms with E-state index >= 15 is 0 Å². The highest BCUT2D eigenvalue weighted by Crippen LogP contribution is 2.19. The molecule has 0 fully saturated rings. The summed E-state index contributed by atoms with van der Waals surface area (Å²) in [4.78, 5) is 0.137. The van der Waals surface area contributed by atoms with Gasteiger partial charge in [-0.2, -0.15) is 0 Å². The van der Waals surface area contributed by atoms with Crippen LogP contribution in [-0.2, 0) is 10.0 Å². The molecule has 0 aliphatic rings. The summed E-state index contributed by atoms with van der Waals surface area (Å²) in [5, 5.41) is 0. The lowest BCUT2D eigenvalue weighted by Crippen LogP contribution is -2.29. The molecule has 96 valence electrons. The monoisotopic (exact) mass is 260 g/mol. The number of aryl methyl sites for hydroxylation is 1. The maximum Gasteiger partial charge on any atom is 0.243 e. The first-order valence-corrected chi connectivity index (χ1v) is 6.76. The highest BCUT2D eigenvalue weighted by atomic mass is 32.2. The van der Waals surface area contributed by atoms with Gasteiger partial charge in [-0.1, -0.05) is 0 Å². The fraction of sp³-hybridized carbons (Fsp3) is 0.455.